The van der Waals surface area contributed by atoms with Crippen molar-refractivity contribution in [1.29, 1.82) is 0 Å². The van der Waals surface area contributed by atoms with Crippen molar-refractivity contribution in [2.75, 3.05) is 11.9 Å². The molecule has 3 heterocycles. The van der Waals surface area contributed by atoms with Crippen LogP contribution in [0.3, 0.4) is 0 Å². The van der Waals surface area contributed by atoms with E-state index in [-0.39, 0.29) is 45.5 Å². The first kappa shape index (κ1) is 26.4. The molecule has 3 aromatic heterocycles. The minimum Gasteiger partial charge on any atom is -0.484 e. The topological polar surface area (TPSA) is 116 Å². The third-order valence-electron chi connectivity index (χ3n) is 5.30. The average molecular weight is 560 g/mol. The van der Waals surface area contributed by atoms with E-state index in [2.05, 4.69) is 35.1 Å². The zero-order chi connectivity index (χ0) is 28.3. The van der Waals surface area contributed by atoms with E-state index in [4.69, 9.17) is 4.74 Å². The average Bonchev–Trinajstić information content (AvgIpc) is 3.55. The number of benzene rings is 2. The van der Waals surface area contributed by atoms with Gasteiger partial charge in [0.25, 0.3) is 5.91 Å². The zero-order valence-corrected chi connectivity index (χ0v) is 20.0. The van der Waals surface area contributed by atoms with Crippen LogP contribution in [-0.2, 0) is 0 Å². The highest BCUT2D eigenvalue weighted by atomic mass is 19.4. The first-order valence-corrected chi connectivity index (χ1v) is 11.4. The minimum absolute atomic E-state index is 0.0237. The zero-order valence-electron chi connectivity index (χ0n) is 20.0. The number of H-pyrrole nitrogens is 1. The number of nitrogens with one attached hydrogen (secondary N) is 2. The van der Waals surface area contributed by atoms with Crippen LogP contribution in [0.2, 0.25) is 0 Å². The number of carbonyl (C=O) groups excluding carboxylic acids is 1. The van der Waals surface area contributed by atoms with Crippen molar-refractivity contribution >= 4 is 17.2 Å². The van der Waals surface area contributed by atoms with Gasteiger partial charge < -0.3 is 19.5 Å². The van der Waals surface area contributed by atoms with Gasteiger partial charge in [-0.3, -0.25) is 9.89 Å². The molecule has 206 valence electrons. The van der Waals surface area contributed by atoms with Gasteiger partial charge in [-0.25, -0.2) is 9.50 Å². The van der Waals surface area contributed by atoms with E-state index in [0.29, 0.717) is 5.65 Å². The number of alkyl halides is 5. The van der Waals surface area contributed by atoms with E-state index in [1.807, 2.05) is 0 Å². The van der Waals surface area contributed by atoms with Crippen LogP contribution in [0.15, 0.2) is 73.3 Å². The number of ether oxygens (including phenoxy) is 3. The molecular weight excluding hydrogens is 543 g/mol. The monoisotopic (exact) mass is 560 g/mol. The van der Waals surface area contributed by atoms with Crippen molar-refractivity contribution in [1.82, 2.24) is 24.8 Å². The molecule has 0 aliphatic carbocycles. The van der Waals surface area contributed by atoms with Crippen molar-refractivity contribution in [2.45, 2.75) is 12.8 Å². The fourth-order valence-corrected chi connectivity index (χ4v) is 3.63. The van der Waals surface area contributed by atoms with Crippen molar-refractivity contribution < 1.29 is 41.0 Å². The number of anilines is 1. The summed E-state index contributed by atoms with van der Waals surface area (Å²) in [6.45, 7) is -4.60. The third-order valence-corrected chi connectivity index (χ3v) is 5.30. The molecule has 0 spiro atoms. The smallest absolute Gasteiger partial charge is 0.422 e. The predicted molar refractivity (Wildman–Crippen MR) is 130 cm³/mol. The maximum absolute atomic E-state index is 13.2. The number of aromatic amines is 1. The fraction of sp³-hybridized carbons (Fsp3) is 0.120. The standard InChI is InChI=1S/C25H17F5N6O4/c26-24(27)40-20-7-6-16(39-15-4-2-14(3-5-15)38-13-25(28,29)30)10-17(20)21-19(12-32-35-21)34-23(37)18-11-33-36-9-1-8-31-22(18)36/h1-12,24H,13H2,(H,32,35)(H,34,37). The summed E-state index contributed by atoms with van der Waals surface area (Å²) >= 11 is 0. The summed E-state index contributed by atoms with van der Waals surface area (Å²) in [5.41, 5.74) is 0.725. The highest BCUT2D eigenvalue weighted by molar-refractivity contribution is 6.09. The van der Waals surface area contributed by atoms with Gasteiger partial charge in [-0.15, -0.1) is 0 Å². The molecule has 0 fully saturated rings. The molecule has 0 aliphatic heterocycles. The van der Waals surface area contributed by atoms with Crippen molar-refractivity contribution in [3.63, 3.8) is 0 Å². The number of aromatic nitrogens is 5. The molecule has 5 rings (SSSR count). The Morgan fingerprint density at radius 2 is 1.82 bits per heavy atom. The molecule has 15 heteroatoms. The summed E-state index contributed by atoms with van der Waals surface area (Å²) in [7, 11) is 0. The second-order valence-electron chi connectivity index (χ2n) is 8.06. The maximum atomic E-state index is 13.2. The van der Waals surface area contributed by atoms with Gasteiger partial charge in [0.05, 0.1) is 17.4 Å². The first-order valence-electron chi connectivity index (χ1n) is 11.4. The second-order valence-corrected chi connectivity index (χ2v) is 8.06. The molecule has 2 aromatic carbocycles. The summed E-state index contributed by atoms with van der Waals surface area (Å²) in [5, 5.41) is 13.4. The summed E-state index contributed by atoms with van der Waals surface area (Å²) < 4.78 is 79.9. The van der Waals surface area contributed by atoms with E-state index in [0.717, 1.165) is 0 Å². The Kier molecular flexibility index (Phi) is 7.18. The van der Waals surface area contributed by atoms with Crippen LogP contribution < -0.4 is 19.5 Å². The molecule has 1 amide bonds. The highest BCUT2D eigenvalue weighted by Crippen LogP contribution is 2.38. The van der Waals surface area contributed by atoms with Gasteiger partial charge in [-0.1, -0.05) is 0 Å². The maximum Gasteiger partial charge on any atom is 0.422 e. The molecule has 0 saturated heterocycles. The highest BCUT2D eigenvalue weighted by Gasteiger charge is 2.28. The lowest BCUT2D eigenvalue weighted by molar-refractivity contribution is -0.153. The number of halogens is 5. The molecule has 2 N–H and O–H groups in total. The number of hydrogen-bond acceptors (Lipinski definition) is 7. The van der Waals surface area contributed by atoms with Crippen LogP contribution in [0.25, 0.3) is 16.9 Å². The van der Waals surface area contributed by atoms with Crippen LogP contribution in [-0.4, -0.2) is 50.1 Å². The third kappa shape index (κ3) is 6.09. The van der Waals surface area contributed by atoms with Gasteiger partial charge in [0.1, 0.15) is 34.3 Å². The molecule has 0 bridgehead atoms. The number of fused-ring (bicyclic) bond motifs is 1. The molecule has 0 atom stereocenters. The normalized spacial score (nSPS) is 11.6. The Morgan fingerprint density at radius 1 is 1.07 bits per heavy atom. The molecule has 10 nitrogen and oxygen atoms in total. The Bertz CT molecular complexity index is 1640. The van der Waals surface area contributed by atoms with E-state index in [1.54, 1.807) is 12.3 Å². The quantitative estimate of drug-likeness (QED) is 0.222. The molecule has 0 saturated carbocycles. The lowest BCUT2D eigenvalue weighted by atomic mass is 10.1. The number of carbonyl (C=O) groups is 1. The van der Waals surface area contributed by atoms with E-state index in [9.17, 15) is 26.7 Å². The fourth-order valence-electron chi connectivity index (χ4n) is 3.63. The lowest BCUT2D eigenvalue weighted by Crippen LogP contribution is -2.19. The van der Waals surface area contributed by atoms with Crippen molar-refractivity contribution in [2.24, 2.45) is 0 Å². The van der Waals surface area contributed by atoms with Crippen LogP contribution >= 0.6 is 0 Å². The molecule has 0 unspecified atom stereocenters. The molecule has 5 aromatic rings. The molecule has 0 aliphatic rings. The van der Waals surface area contributed by atoms with Crippen LogP contribution in [0.5, 0.6) is 23.0 Å². The minimum atomic E-state index is -4.48. The summed E-state index contributed by atoms with van der Waals surface area (Å²) in [6, 6.07) is 10.9. The number of hydrogen-bond donors (Lipinski definition) is 2. The van der Waals surface area contributed by atoms with Crippen molar-refractivity contribution in [3.8, 4) is 34.3 Å². The van der Waals surface area contributed by atoms with Crippen LogP contribution in [0, 0.1) is 0 Å². The SMILES string of the molecule is O=C(Nc1c[nH]nc1-c1cc(Oc2ccc(OCC(F)(F)F)cc2)ccc1OC(F)F)c1cnn2cccnc12. The molecular formula is C25H17F5N6O4. The summed E-state index contributed by atoms with van der Waals surface area (Å²) in [4.78, 5) is 17.1. The van der Waals surface area contributed by atoms with Gasteiger partial charge in [-0.2, -0.15) is 32.1 Å². The predicted octanol–water partition coefficient (Wildman–Crippen LogP) is 5.71. The summed E-state index contributed by atoms with van der Waals surface area (Å²) in [5.74, 6) is -0.465. The Morgan fingerprint density at radius 3 is 2.58 bits per heavy atom. The lowest BCUT2D eigenvalue weighted by Gasteiger charge is -2.14. The van der Waals surface area contributed by atoms with Gasteiger partial charge in [0.15, 0.2) is 12.3 Å². The van der Waals surface area contributed by atoms with Gasteiger partial charge in [0.2, 0.25) is 0 Å². The Hall–Kier alpha value is -5.21. The van der Waals surface area contributed by atoms with E-state index < -0.39 is 25.3 Å². The number of rotatable bonds is 9. The van der Waals surface area contributed by atoms with Crippen LogP contribution in [0.1, 0.15) is 10.4 Å². The van der Waals surface area contributed by atoms with Crippen molar-refractivity contribution in [3.05, 3.63) is 78.9 Å². The number of amides is 1. The van der Waals surface area contributed by atoms with Gasteiger partial charge in [-0.05, 0) is 48.5 Å². The number of nitrogens with zero attached hydrogens (tertiary/aromatic N) is 4. The Balaban J connectivity index is 1.40. The van der Waals surface area contributed by atoms with E-state index >= 15 is 0 Å². The second kappa shape index (κ2) is 10.9. The Labute approximate surface area is 221 Å². The molecule has 40 heavy (non-hydrogen) atoms. The first-order chi connectivity index (χ1) is 19.2. The van der Waals surface area contributed by atoms with Gasteiger partial charge in [0, 0.05) is 18.6 Å². The summed E-state index contributed by atoms with van der Waals surface area (Å²) in [6.07, 6.45) is 1.31. The van der Waals surface area contributed by atoms with Gasteiger partial charge >= 0.3 is 12.8 Å². The van der Waals surface area contributed by atoms with Crippen LogP contribution in [0.4, 0.5) is 27.6 Å². The molecule has 0 radical (unpaired) electrons. The van der Waals surface area contributed by atoms with E-state index in [1.165, 1.54) is 65.6 Å². The largest absolute Gasteiger partial charge is 0.484 e.